The minimum atomic E-state index is -0.979. The highest BCUT2D eigenvalue weighted by Gasteiger charge is 2.37. The van der Waals surface area contributed by atoms with Crippen molar-refractivity contribution in [2.45, 2.75) is 0 Å². The molecule has 0 aliphatic carbocycles. The van der Waals surface area contributed by atoms with Crippen LogP contribution in [0.1, 0.15) is 5.56 Å². The molecule has 1 fully saturated rings. The van der Waals surface area contributed by atoms with Crippen LogP contribution in [0.25, 0.3) is 6.08 Å². The average Bonchev–Trinajstić information content (AvgIpc) is 2.65. The van der Waals surface area contributed by atoms with E-state index < -0.39 is 39.8 Å². The monoisotopic (exact) mass is 417 g/mol. The number of aromatic hydroxyl groups is 1. The molecule has 4 amide bonds. The standard InChI is InChI=1S/C18H12ClN3O7/c1-29-14-7-9(6-13(15(14)23)22(27)28)5-12-16(24)20-18(26)21(17(12)25)11-4-2-3-10(19)8-11/h2-8,23H,1H3,(H,20,24,26)/b12-5+. The van der Waals surface area contributed by atoms with E-state index in [-0.39, 0.29) is 22.0 Å². The molecule has 3 rings (SSSR count). The van der Waals surface area contributed by atoms with Crippen LogP contribution in [0.3, 0.4) is 0 Å². The fourth-order valence-electron chi connectivity index (χ4n) is 2.67. The second-order valence-corrected chi connectivity index (χ2v) is 6.22. The van der Waals surface area contributed by atoms with Gasteiger partial charge in [-0.1, -0.05) is 17.7 Å². The number of nitrogens with zero attached hydrogens (tertiary/aromatic N) is 2. The number of nitrogens with one attached hydrogen (secondary N) is 1. The molecule has 0 spiro atoms. The van der Waals surface area contributed by atoms with Crippen molar-refractivity contribution in [1.29, 1.82) is 0 Å². The third kappa shape index (κ3) is 3.73. The van der Waals surface area contributed by atoms with Gasteiger partial charge in [-0.15, -0.1) is 0 Å². The smallest absolute Gasteiger partial charge is 0.335 e. The summed E-state index contributed by atoms with van der Waals surface area (Å²) in [6.07, 6.45) is 1.05. The van der Waals surface area contributed by atoms with Crippen LogP contribution in [0, 0.1) is 10.1 Å². The third-order valence-corrected chi connectivity index (χ3v) is 4.21. The number of amides is 4. The number of carbonyl (C=O) groups excluding carboxylic acids is 3. The van der Waals surface area contributed by atoms with E-state index in [1.807, 2.05) is 5.32 Å². The predicted molar refractivity (Wildman–Crippen MR) is 102 cm³/mol. The summed E-state index contributed by atoms with van der Waals surface area (Å²) < 4.78 is 4.89. The maximum absolute atomic E-state index is 12.8. The lowest BCUT2D eigenvalue weighted by Crippen LogP contribution is -2.54. The molecule has 11 heteroatoms. The highest BCUT2D eigenvalue weighted by molar-refractivity contribution is 6.39. The number of hydrogen-bond acceptors (Lipinski definition) is 7. The number of carbonyl (C=O) groups is 3. The van der Waals surface area contributed by atoms with Crippen molar-refractivity contribution in [3.8, 4) is 11.5 Å². The zero-order valence-electron chi connectivity index (χ0n) is 14.7. The molecule has 10 nitrogen and oxygen atoms in total. The van der Waals surface area contributed by atoms with Gasteiger partial charge in [-0.25, -0.2) is 9.69 Å². The molecule has 1 aliphatic rings. The third-order valence-electron chi connectivity index (χ3n) is 3.97. The molecular formula is C18H12ClN3O7. The Balaban J connectivity index is 2.10. The van der Waals surface area contributed by atoms with Crippen LogP contribution >= 0.6 is 11.6 Å². The molecule has 0 radical (unpaired) electrons. The SMILES string of the molecule is COc1cc(/C=C2\C(=O)NC(=O)N(c3cccc(Cl)c3)C2=O)cc([N+](=O)[O-])c1O. The first kappa shape index (κ1) is 19.8. The van der Waals surface area contributed by atoms with E-state index in [0.29, 0.717) is 4.90 Å². The Morgan fingerprint density at radius 2 is 1.97 bits per heavy atom. The summed E-state index contributed by atoms with van der Waals surface area (Å²) >= 11 is 5.90. The van der Waals surface area contributed by atoms with Crippen LogP contribution in [0.15, 0.2) is 42.0 Å². The van der Waals surface area contributed by atoms with E-state index in [9.17, 15) is 29.6 Å². The fourth-order valence-corrected chi connectivity index (χ4v) is 2.85. The Labute approximate surface area is 168 Å². The molecule has 0 atom stereocenters. The van der Waals surface area contributed by atoms with Gasteiger partial charge in [0.15, 0.2) is 5.75 Å². The largest absolute Gasteiger partial charge is 0.500 e. The second-order valence-electron chi connectivity index (χ2n) is 5.79. The zero-order chi connectivity index (χ0) is 21.3. The molecule has 1 saturated heterocycles. The van der Waals surface area contributed by atoms with E-state index in [0.717, 1.165) is 12.1 Å². The molecule has 1 aliphatic heterocycles. The minimum absolute atomic E-state index is 0.0326. The molecule has 148 valence electrons. The summed E-state index contributed by atoms with van der Waals surface area (Å²) in [5.41, 5.74) is -0.966. The Hall–Kier alpha value is -3.92. The van der Waals surface area contributed by atoms with Gasteiger partial charge in [-0.2, -0.15) is 0 Å². The van der Waals surface area contributed by atoms with E-state index >= 15 is 0 Å². The Morgan fingerprint density at radius 3 is 2.59 bits per heavy atom. The van der Waals surface area contributed by atoms with Gasteiger partial charge in [-0.3, -0.25) is 25.0 Å². The first-order valence-corrected chi connectivity index (χ1v) is 8.33. The van der Waals surface area contributed by atoms with Gasteiger partial charge >= 0.3 is 11.7 Å². The molecule has 2 aromatic carbocycles. The molecule has 2 N–H and O–H groups in total. The van der Waals surface area contributed by atoms with Crippen LogP contribution in [0.5, 0.6) is 11.5 Å². The summed E-state index contributed by atoms with van der Waals surface area (Å²) in [6, 6.07) is 7.08. The highest BCUT2D eigenvalue weighted by atomic mass is 35.5. The Morgan fingerprint density at radius 1 is 1.24 bits per heavy atom. The Bertz CT molecular complexity index is 1100. The number of rotatable bonds is 4. The topological polar surface area (TPSA) is 139 Å². The number of urea groups is 1. The number of phenolic OH excluding ortho intramolecular Hbond substituents is 1. The van der Waals surface area contributed by atoms with Crippen LogP contribution in [0.2, 0.25) is 5.02 Å². The molecule has 29 heavy (non-hydrogen) atoms. The quantitative estimate of drug-likeness (QED) is 0.337. The van der Waals surface area contributed by atoms with Gasteiger partial charge in [0.2, 0.25) is 5.75 Å². The zero-order valence-corrected chi connectivity index (χ0v) is 15.5. The van der Waals surface area contributed by atoms with Crippen molar-refractivity contribution >= 4 is 46.9 Å². The lowest BCUT2D eigenvalue weighted by Gasteiger charge is -2.26. The Kier molecular flexibility index (Phi) is 5.20. The summed E-state index contributed by atoms with van der Waals surface area (Å²) in [5.74, 6) is -2.85. The van der Waals surface area contributed by atoms with Gasteiger partial charge in [0.05, 0.1) is 17.7 Å². The van der Waals surface area contributed by atoms with Gasteiger partial charge < -0.3 is 9.84 Å². The lowest BCUT2D eigenvalue weighted by atomic mass is 10.1. The molecule has 0 aromatic heterocycles. The number of hydrogen-bond donors (Lipinski definition) is 2. The van der Waals surface area contributed by atoms with Crippen LogP contribution in [-0.2, 0) is 9.59 Å². The number of barbiturate groups is 1. The number of nitro groups is 1. The van der Waals surface area contributed by atoms with Crippen molar-refractivity contribution < 1.29 is 29.2 Å². The van der Waals surface area contributed by atoms with E-state index in [1.54, 1.807) is 6.07 Å². The van der Waals surface area contributed by atoms with Crippen molar-refractivity contribution in [2.75, 3.05) is 12.0 Å². The van der Waals surface area contributed by atoms with Gasteiger partial charge in [0, 0.05) is 11.1 Å². The summed E-state index contributed by atoms with van der Waals surface area (Å²) in [7, 11) is 1.19. The van der Waals surface area contributed by atoms with Gasteiger partial charge in [0.1, 0.15) is 5.57 Å². The number of imide groups is 2. The molecule has 2 aromatic rings. The van der Waals surface area contributed by atoms with Crippen molar-refractivity contribution in [1.82, 2.24) is 5.32 Å². The average molecular weight is 418 g/mol. The normalized spacial score (nSPS) is 15.4. The van der Waals surface area contributed by atoms with E-state index in [2.05, 4.69) is 0 Å². The second kappa shape index (κ2) is 7.60. The van der Waals surface area contributed by atoms with Crippen LogP contribution in [-0.4, -0.2) is 35.0 Å². The fraction of sp³-hybridized carbons (Fsp3) is 0.0556. The van der Waals surface area contributed by atoms with Crippen molar-refractivity contribution in [3.05, 3.63) is 62.7 Å². The van der Waals surface area contributed by atoms with E-state index in [1.165, 1.54) is 31.4 Å². The van der Waals surface area contributed by atoms with Gasteiger partial charge in [-0.05, 0) is 35.9 Å². The number of anilines is 1. The first-order chi connectivity index (χ1) is 13.7. The van der Waals surface area contributed by atoms with Crippen molar-refractivity contribution in [3.63, 3.8) is 0 Å². The summed E-state index contributed by atoms with van der Waals surface area (Å²) in [4.78, 5) is 48.2. The first-order valence-electron chi connectivity index (χ1n) is 7.95. The number of ether oxygens (including phenoxy) is 1. The van der Waals surface area contributed by atoms with E-state index in [4.69, 9.17) is 16.3 Å². The maximum Gasteiger partial charge on any atom is 0.335 e. The summed E-state index contributed by atoms with van der Waals surface area (Å²) in [6.45, 7) is 0. The molecule has 0 unspecified atom stereocenters. The minimum Gasteiger partial charge on any atom is -0.500 e. The molecule has 0 saturated carbocycles. The number of methoxy groups -OCH3 is 1. The summed E-state index contributed by atoms with van der Waals surface area (Å²) in [5, 5.41) is 23.3. The molecule has 1 heterocycles. The lowest BCUT2D eigenvalue weighted by molar-refractivity contribution is -0.386. The molecular weight excluding hydrogens is 406 g/mol. The maximum atomic E-state index is 12.8. The number of benzene rings is 2. The van der Waals surface area contributed by atoms with Crippen molar-refractivity contribution in [2.24, 2.45) is 0 Å². The van der Waals surface area contributed by atoms with Crippen LogP contribution in [0.4, 0.5) is 16.2 Å². The molecule has 0 bridgehead atoms. The number of nitro benzene ring substituents is 1. The highest BCUT2D eigenvalue weighted by Crippen LogP contribution is 2.37. The predicted octanol–water partition coefficient (Wildman–Crippen LogP) is 2.63. The van der Waals surface area contributed by atoms with Crippen LogP contribution < -0.4 is 15.0 Å². The van der Waals surface area contributed by atoms with Gasteiger partial charge in [0.25, 0.3) is 11.8 Å². The number of halogens is 1. The number of phenols is 1.